The van der Waals surface area contributed by atoms with Gasteiger partial charge in [0.1, 0.15) is 5.66 Å². The van der Waals surface area contributed by atoms with E-state index in [1.54, 1.807) is 0 Å². The van der Waals surface area contributed by atoms with Gasteiger partial charge in [-0.05, 0) is 36.4 Å². The lowest BCUT2D eigenvalue weighted by Crippen LogP contribution is -2.64. The number of hydrogen-bond donors (Lipinski definition) is 1. The first-order chi connectivity index (χ1) is 14.8. The molecule has 0 fully saturated rings. The molecule has 4 rings (SSSR count). The Morgan fingerprint density at radius 1 is 1.00 bits per heavy atom. The second-order valence-corrected chi connectivity index (χ2v) is 7.73. The zero-order valence-electron chi connectivity index (χ0n) is 17.9. The first-order valence-corrected chi connectivity index (χ1v) is 10.9. The summed E-state index contributed by atoms with van der Waals surface area (Å²) in [7, 11) is 0. The summed E-state index contributed by atoms with van der Waals surface area (Å²) in [4.78, 5) is 2.53. The van der Waals surface area contributed by atoms with Gasteiger partial charge in [0, 0.05) is 6.42 Å². The quantitative estimate of drug-likeness (QED) is 0.667. The maximum Gasteiger partial charge on any atom is 0.115 e. The standard InChI is InChI=1S/C27H31N3/c1-3-29(4-2)27(20-12-7-13-21-27)30-25(19-18-23-14-8-5-9-15-23)22-26(28-30)24-16-10-6-11-17-24/h5-20,22,25,28H,3-4,21H2,1-2H3. The van der Waals surface area contributed by atoms with Crippen LogP contribution < -0.4 is 5.43 Å². The minimum absolute atomic E-state index is 0.136. The van der Waals surface area contributed by atoms with Gasteiger partial charge in [0.2, 0.25) is 0 Å². The Morgan fingerprint density at radius 3 is 2.33 bits per heavy atom. The molecule has 2 aromatic carbocycles. The molecule has 0 spiro atoms. The van der Waals surface area contributed by atoms with Gasteiger partial charge in [-0.25, -0.2) is 0 Å². The van der Waals surface area contributed by atoms with E-state index < -0.39 is 0 Å². The van der Waals surface area contributed by atoms with Crippen molar-refractivity contribution in [1.29, 1.82) is 0 Å². The highest BCUT2D eigenvalue weighted by molar-refractivity contribution is 5.67. The molecule has 0 aromatic heterocycles. The summed E-state index contributed by atoms with van der Waals surface area (Å²) < 4.78 is 0. The molecule has 2 aliphatic rings. The normalized spacial score (nSPS) is 23.8. The summed E-state index contributed by atoms with van der Waals surface area (Å²) in [6.45, 7) is 6.47. The molecule has 1 heterocycles. The van der Waals surface area contributed by atoms with Gasteiger partial charge in [0.05, 0.1) is 11.7 Å². The maximum atomic E-state index is 3.77. The molecule has 2 atom stereocenters. The van der Waals surface area contributed by atoms with E-state index in [4.69, 9.17) is 0 Å². The number of benzene rings is 2. The number of hydrazine groups is 1. The number of nitrogens with zero attached hydrogens (tertiary/aromatic N) is 2. The minimum Gasteiger partial charge on any atom is -0.316 e. The van der Waals surface area contributed by atoms with Crippen LogP contribution >= 0.6 is 0 Å². The Morgan fingerprint density at radius 2 is 1.70 bits per heavy atom. The maximum absolute atomic E-state index is 3.77. The van der Waals surface area contributed by atoms with Crippen molar-refractivity contribution >= 4 is 11.8 Å². The number of nitrogens with one attached hydrogen (secondary N) is 1. The number of hydrogen-bond acceptors (Lipinski definition) is 3. The van der Waals surface area contributed by atoms with Crippen LogP contribution in [0.1, 0.15) is 31.4 Å². The number of allylic oxidation sites excluding steroid dienone is 2. The zero-order chi connectivity index (χ0) is 20.8. The monoisotopic (exact) mass is 397 g/mol. The lowest BCUT2D eigenvalue weighted by atomic mass is 9.96. The Kier molecular flexibility index (Phi) is 6.32. The molecule has 0 saturated carbocycles. The summed E-state index contributed by atoms with van der Waals surface area (Å²) in [5.41, 5.74) is 7.15. The van der Waals surface area contributed by atoms with Crippen LogP contribution in [0.2, 0.25) is 0 Å². The number of likely N-dealkylation sites (N-methyl/N-ethyl adjacent to an activating group) is 1. The highest BCUT2D eigenvalue weighted by atomic mass is 15.6. The predicted molar refractivity (Wildman–Crippen MR) is 127 cm³/mol. The van der Waals surface area contributed by atoms with Gasteiger partial charge < -0.3 is 5.43 Å². The van der Waals surface area contributed by atoms with E-state index in [9.17, 15) is 0 Å². The van der Waals surface area contributed by atoms with E-state index in [2.05, 4.69) is 132 Å². The average molecular weight is 398 g/mol. The molecule has 154 valence electrons. The summed E-state index contributed by atoms with van der Waals surface area (Å²) >= 11 is 0. The van der Waals surface area contributed by atoms with Gasteiger partial charge in [0.25, 0.3) is 0 Å². The average Bonchev–Trinajstić information content (AvgIpc) is 3.25. The summed E-state index contributed by atoms with van der Waals surface area (Å²) in [6.07, 6.45) is 16.8. The molecule has 0 bridgehead atoms. The largest absolute Gasteiger partial charge is 0.316 e. The fourth-order valence-electron chi connectivity index (χ4n) is 4.47. The van der Waals surface area contributed by atoms with E-state index in [1.165, 1.54) is 11.1 Å². The van der Waals surface area contributed by atoms with Crippen LogP contribution in [-0.2, 0) is 0 Å². The van der Waals surface area contributed by atoms with E-state index in [1.807, 2.05) is 0 Å². The highest BCUT2D eigenvalue weighted by Gasteiger charge is 2.44. The second-order valence-electron chi connectivity index (χ2n) is 7.73. The molecule has 0 amide bonds. The van der Waals surface area contributed by atoms with E-state index in [0.717, 1.165) is 25.2 Å². The molecule has 1 aliphatic heterocycles. The Labute approximate surface area is 180 Å². The molecule has 1 aliphatic carbocycles. The topological polar surface area (TPSA) is 18.5 Å². The predicted octanol–water partition coefficient (Wildman–Crippen LogP) is 5.48. The van der Waals surface area contributed by atoms with Crippen molar-refractivity contribution in [3.05, 3.63) is 108 Å². The van der Waals surface area contributed by atoms with Crippen LogP contribution in [-0.4, -0.2) is 34.7 Å². The fraction of sp³-hybridized carbons (Fsp3) is 0.259. The third kappa shape index (κ3) is 4.04. The lowest BCUT2D eigenvalue weighted by Gasteiger charge is -2.49. The molecule has 1 N–H and O–H groups in total. The van der Waals surface area contributed by atoms with Crippen LogP contribution in [0.15, 0.2) is 97.1 Å². The first kappa shape index (κ1) is 20.4. The van der Waals surface area contributed by atoms with Gasteiger partial charge in [-0.2, -0.15) is 5.01 Å². The molecule has 30 heavy (non-hydrogen) atoms. The van der Waals surface area contributed by atoms with Crippen LogP contribution in [0.3, 0.4) is 0 Å². The molecule has 2 aromatic rings. The summed E-state index contributed by atoms with van der Waals surface area (Å²) in [5.74, 6) is 0. The molecular weight excluding hydrogens is 366 g/mol. The molecule has 0 radical (unpaired) electrons. The van der Waals surface area contributed by atoms with Crippen molar-refractivity contribution in [2.24, 2.45) is 0 Å². The van der Waals surface area contributed by atoms with Gasteiger partial charge in [0.15, 0.2) is 0 Å². The van der Waals surface area contributed by atoms with Crippen LogP contribution in [0.25, 0.3) is 11.8 Å². The van der Waals surface area contributed by atoms with Crippen LogP contribution in [0, 0.1) is 0 Å². The smallest absolute Gasteiger partial charge is 0.115 e. The van der Waals surface area contributed by atoms with E-state index in [0.29, 0.717) is 0 Å². The van der Waals surface area contributed by atoms with Crippen molar-refractivity contribution in [2.75, 3.05) is 13.1 Å². The van der Waals surface area contributed by atoms with E-state index in [-0.39, 0.29) is 11.7 Å². The molecule has 3 nitrogen and oxygen atoms in total. The van der Waals surface area contributed by atoms with Crippen molar-refractivity contribution in [3.63, 3.8) is 0 Å². The van der Waals surface area contributed by atoms with Crippen LogP contribution in [0.4, 0.5) is 0 Å². The van der Waals surface area contributed by atoms with Crippen molar-refractivity contribution in [3.8, 4) is 0 Å². The zero-order valence-corrected chi connectivity index (χ0v) is 17.9. The van der Waals surface area contributed by atoms with Crippen molar-refractivity contribution in [2.45, 2.75) is 32.0 Å². The third-order valence-electron chi connectivity index (χ3n) is 6.00. The third-order valence-corrected chi connectivity index (χ3v) is 6.00. The van der Waals surface area contributed by atoms with Gasteiger partial charge in [-0.15, -0.1) is 0 Å². The Balaban J connectivity index is 1.73. The first-order valence-electron chi connectivity index (χ1n) is 10.9. The Bertz CT molecular complexity index is 939. The van der Waals surface area contributed by atoms with Crippen LogP contribution in [0.5, 0.6) is 0 Å². The summed E-state index contributed by atoms with van der Waals surface area (Å²) in [6, 6.07) is 21.3. The second kappa shape index (κ2) is 9.29. The summed E-state index contributed by atoms with van der Waals surface area (Å²) in [5, 5.41) is 2.42. The molecule has 3 heteroatoms. The number of rotatable bonds is 7. The van der Waals surface area contributed by atoms with E-state index >= 15 is 0 Å². The molecule has 0 saturated heterocycles. The van der Waals surface area contributed by atoms with Gasteiger partial charge >= 0.3 is 0 Å². The van der Waals surface area contributed by atoms with Gasteiger partial charge in [-0.1, -0.05) is 105 Å². The van der Waals surface area contributed by atoms with Crippen molar-refractivity contribution < 1.29 is 0 Å². The SMILES string of the molecule is CCN(CC)C1(N2NC(c3ccccc3)=CC2C=Cc2ccccc2)C=CC=CC1. The molecule has 2 unspecified atom stereocenters. The minimum atomic E-state index is -0.211. The van der Waals surface area contributed by atoms with Gasteiger partial charge in [-0.3, -0.25) is 4.90 Å². The Hall–Kier alpha value is -2.88. The molecular formula is C27H31N3. The fourth-order valence-corrected chi connectivity index (χ4v) is 4.47. The van der Waals surface area contributed by atoms with Crippen molar-refractivity contribution in [1.82, 2.24) is 15.3 Å². The highest BCUT2D eigenvalue weighted by Crippen LogP contribution is 2.35. The lowest BCUT2D eigenvalue weighted by molar-refractivity contribution is -0.0382.